The lowest BCUT2D eigenvalue weighted by Crippen LogP contribution is -2.55. The summed E-state index contributed by atoms with van der Waals surface area (Å²) in [5, 5.41) is 11.6. The second kappa shape index (κ2) is 38.2. The van der Waals surface area contributed by atoms with Crippen LogP contribution in [-0.4, -0.2) is 75.5 Å². The number of hydrogen-bond acceptors (Lipinski definition) is 7. The third kappa shape index (κ3) is 36.7. The molecule has 0 aromatic carbocycles. The van der Waals surface area contributed by atoms with Gasteiger partial charge in [-0.25, -0.2) is 0 Å². The van der Waals surface area contributed by atoms with Gasteiger partial charge < -0.3 is 28.6 Å². The van der Waals surface area contributed by atoms with Crippen LogP contribution in [0.15, 0.2) is 48.6 Å². The van der Waals surface area contributed by atoms with Gasteiger partial charge in [0.25, 0.3) is 0 Å². The van der Waals surface area contributed by atoms with Crippen LogP contribution in [0.25, 0.3) is 0 Å². The normalized spacial score (nSPS) is 13.4. The summed E-state index contributed by atoms with van der Waals surface area (Å²) >= 11 is 0. The number of nitrogens with zero attached hydrogens (tertiary/aromatic N) is 1. The van der Waals surface area contributed by atoms with Crippen molar-refractivity contribution in [2.75, 3.05) is 41.0 Å². The molecule has 0 N–H and O–H groups in total. The van der Waals surface area contributed by atoms with Crippen LogP contribution in [0.3, 0.4) is 0 Å². The molecule has 8 nitrogen and oxygen atoms in total. The number of carboxylic acids is 1. The number of carbonyl (C=O) groups excluding carboxylic acids is 3. The fourth-order valence-electron chi connectivity index (χ4n) is 6.24. The molecule has 8 heteroatoms. The maximum atomic E-state index is 12.6. The molecule has 318 valence electrons. The molecule has 0 fully saturated rings. The van der Waals surface area contributed by atoms with Crippen molar-refractivity contribution in [1.29, 1.82) is 0 Å². The first-order valence-corrected chi connectivity index (χ1v) is 22.2. The summed E-state index contributed by atoms with van der Waals surface area (Å²) < 4.78 is 17.1. The number of ether oxygens (including phenoxy) is 3. The number of carbonyl (C=O) groups is 3. The first kappa shape index (κ1) is 52.3. The van der Waals surface area contributed by atoms with Crippen molar-refractivity contribution in [1.82, 2.24) is 0 Å². The summed E-state index contributed by atoms with van der Waals surface area (Å²) in [6, 6.07) is -0.727. The van der Waals surface area contributed by atoms with E-state index in [-0.39, 0.29) is 42.7 Å². The first-order chi connectivity index (χ1) is 26.6. The molecule has 0 spiro atoms. The highest BCUT2D eigenvalue weighted by Gasteiger charge is 2.25. The zero-order chi connectivity index (χ0) is 40.7. The van der Waals surface area contributed by atoms with Gasteiger partial charge in [0.05, 0.1) is 40.3 Å². The van der Waals surface area contributed by atoms with Gasteiger partial charge in [-0.1, -0.05) is 146 Å². The quantitative estimate of drug-likeness (QED) is 0.0265. The molecule has 0 aliphatic heterocycles. The average molecular weight is 774 g/mol. The Labute approximate surface area is 337 Å². The van der Waals surface area contributed by atoms with Gasteiger partial charge in [0.1, 0.15) is 12.6 Å². The molecule has 0 aromatic rings. The second-order valence-electron chi connectivity index (χ2n) is 15.9. The van der Waals surface area contributed by atoms with Crippen LogP contribution in [0.2, 0.25) is 0 Å². The monoisotopic (exact) mass is 774 g/mol. The van der Waals surface area contributed by atoms with Crippen molar-refractivity contribution in [3.63, 3.8) is 0 Å². The second-order valence-corrected chi connectivity index (χ2v) is 15.9. The largest absolute Gasteiger partial charge is 0.544 e. The Bertz CT molecular complexity index is 1040. The zero-order valence-electron chi connectivity index (χ0n) is 36.1. The molecule has 0 radical (unpaired) electrons. The van der Waals surface area contributed by atoms with Gasteiger partial charge in [-0.3, -0.25) is 9.59 Å². The van der Waals surface area contributed by atoms with Gasteiger partial charge in [-0.2, -0.15) is 0 Å². The highest BCUT2D eigenvalue weighted by molar-refractivity contribution is 5.70. The fraction of sp³-hybridized carbons (Fsp3) is 0.766. The van der Waals surface area contributed by atoms with Crippen molar-refractivity contribution in [3.8, 4) is 0 Å². The molecule has 2 unspecified atom stereocenters. The Morgan fingerprint density at radius 1 is 0.564 bits per heavy atom. The molecule has 0 saturated carbocycles. The Balaban J connectivity index is 4.23. The molecule has 0 aromatic heterocycles. The van der Waals surface area contributed by atoms with E-state index in [2.05, 4.69) is 62.5 Å². The van der Waals surface area contributed by atoms with Crippen LogP contribution < -0.4 is 5.11 Å². The van der Waals surface area contributed by atoms with Gasteiger partial charge in [-0.05, 0) is 64.2 Å². The number of aliphatic carboxylic acids is 1. The van der Waals surface area contributed by atoms with E-state index in [1.54, 1.807) is 21.1 Å². The summed E-state index contributed by atoms with van der Waals surface area (Å²) in [6.07, 6.45) is 44.3. The van der Waals surface area contributed by atoms with Crippen molar-refractivity contribution in [2.24, 2.45) is 0 Å². The van der Waals surface area contributed by atoms with E-state index in [9.17, 15) is 19.5 Å². The predicted molar refractivity (Wildman–Crippen MR) is 226 cm³/mol. The van der Waals surface area contributed by atoms with E-state index in [0.717, 1.165) is 77.0 Å². The molecule has 0 amide bonds. The Morgan fingerprint density at radius 3 is 1.53 bits per heavy atom. The van der Waals surface area contributed by atoms with Crippen LogP contribution in [0, 0.1) is 0 Å². The number of hydrogen-bond donors (Lipinski definition) is 0. The van der Waals surface area contributed by atoms with Gasteiger partial charge in [-0.15, -0.1) is 0 Å². The lowest BCUT2D eigenvalue weighted by atomic mass is 10.0. The first-order valence-electron chi connectivity index (χ1n) is 22.2. The van der Waals surface area contributed by atoms with Crippen LogP contribution in [-0.2, 0) is 28.6 Å². The molecule has 0 saturated heterocycles. The topological polar surface area (TPSA) is 102 Å². The third-order valence-corrected chi connectivity index (χ3v) is 9.70. The molecular weight excluding hydrogens is 691 g/mol. The minimum Gasteiger partial charge on any atom is -0.544 e. The Hall–Kier alpha value is -2.71. The van der Waals surface area contributed by atoms with Crippen molar-refractivity contribution in [3.05, 3.63) is 48.6 Å². The number of esters is 2. The molecule has 0 rings (SSSR count). The molecule has 2 atom stereocenters. The number of likely N-dealkylation sites (N-methyl/N-ethyl adjacent to an activating group) is 1. The highest BCUT2D eigenvalue weighted by atomic mass is 16.6. The SMILES string of the molecule is CC/C=C/C/C=C/C/C=C/CCCCCCCCCCCCCC(=O)OCC(COCCC(C(=O)[O-])[N+](C)(C)C)OC(=O)CCCCCC/C=C/CCCC. The fourth-order valence-corrected chi connectivity index (χ4v) is 6.24. The average Bonchev–Trinajstić information content (AvgIpc) is 3.14. The van der Waals surface area contributed by atoms with E-state index in [4.69, 9.17) is 14.2 Å². The van der Waals surface area contributed by atoms with E-state index < -0.39 is 18.1 Å². The van der Waals surface area contributed by atoms with E-state index in [1.807, 2.05) is 0 Å². The minimum absolute atomic E-state index is 0.0352. The van der Waals surface area contributed by atoms with Gasteiger partial charge >= 0.3 is 11.9 Å². The van der Waals surface area contributed by atoms with E-state index in [0.29, 0.717) is 12.8 Å². The molecule has 0 bridgehead atoms. The zero-order valence-corrected chi connectivity index (χ0v) is 36.1. The maximum Gasteiger partial charge on any atom is 0.306 e. The molecule has 0 aliphatic carbocycles. The molecular formula is C47H83NO7. The van der Waals surface area contributed by atoms with E-state index in [1.165, 1.54) is 70.6 Å². The number of quaternary nitrogens is 1. The molecule has 0 aliphatic rings. The number of rotatable bonds is 39. The third-order valence-electron chi connectivity index (χ3n) is 9.70. The summed E-state index contributed by atoms with van der Waals surface area (Å²) in [4.78, 5) is 36.8. The lowest BCUT2D eigenvalue weighted by Gasteiger charge is -2.34. The Morgan fingerprint density at radius 2 is 1.02 bits per heavy atom. The lowest BCUT2D eigenvalue weighted by molar-refractivity contribution is -0.889. The summed E-state index contributed by atoms with van der Waals surface area (Å²) in [6.45, 7) is 4.49. The predicted octanol–water partition coefficient (Wildman–Crippen LogP) is 10.7. The summed E-state index contributed by atoms with van der Waals surface area (Å²) in [5.41, 5.74) is 0. The van der Waals surface area contributed by atoms with Crippen LogP contribution in [0.5, 0.6) is 0 Å². The summed E-state index contributed by atoms with van der Waals surface area (Å²) in [5.74, 6) is -1.76. The maximum absolute atomic E-state index is 12.6. The minimum atomic E-state index is -1.13. The molecule has 0 heterocycles. The van der Waals surface area contributed by atoms with Gasteiger partial charge in [0, 0.05) is 19.3 Å². The van der Waals surface area contributed by atoms with Crippen LogP contribution in [0.4, 0.5) is 0 Å². The van der Waals surface area contributed by atoms with Crippen molar-refractivity contribution >= 4 is 17.9 Å². The molecule has 55 heavy (non-hydrogen) atoms. The highest BCUT2D eigenvalue weighted by Crippen LogP contribution is 2.14. The van der Waals surface area contributed by atoms with Crippen molar-refractivity contribution in [2.45, 2.75) is 193 Å². The van der Waals surface area contributed by atoms with Crippen molar-refractivity contribution < 1.29 is 38.2 Å². The van der Waals surface area contributed by atoms with E-state index >= 15 is 0 Å². The van der Waals surface area contributed by atoms with Crippen LogP contribution in [0.1, 0.15) is 181 Å². The smallest absolute Gasteiger partial charge is 0.306 e. The van der Waals surface area contributed by atoms with Gasteiger partial charge in [0.2, 0.25) is 0 Å². The standard InChI is InChI=1S/C47H83NO7/c1-6-8-10-12-14-16-18-19-20-21-22-23-24-25-26-27-28-30-31-33-35-37-45(49)54-42-43(41-53-40-39-44(47(51)52)48(3,4)5)55-46(50)38-36-34-32-29-17-15-13-11-9-7-2/h8,10,13-16,19-20,43-44H,6-7,9,11-12,17-18,21-42H2,1-5H3/b10-8+,15-13+,16-14+,20-19+. The number of allylic oxidation sites excluding steroid dienone is 8. The number of unbranched alkanes of at least 4 members (excludes halogenated alkanes) is 17. The summed E-state index contributed by atoms with van der Waals surface area (Å²) in [7, 11) is 5.40. The number of carboxylic acid groups (broad SMARTS) is 1. The van der Waals surface area contributed by atoms with Gasteiger partial charge in [0.15, 0.2) is 6.10 Å². The Kier molecular flexibility index (Phi) is 36.3. The van der Waals surface area contributed by atoms with Crippen LogP contribution >= 0.6 is 0 Å².